The number of nitrogens with zero attached hydrogens (tertiary/aromatic N) is 1. The molecule has 0 unspecified atom stereocenters. The Labute approximate surface area is 193 Å². The van der Waals surface area contributed by atoms with Crippen molar-refractivity contribution in [2.24, 2.45) is 5.16 Å². The maximum absolute atomic E-state index is 12.5. The van der Waals surface area contributed by atoms with Crippen molar-refractivity contribution in [1.82, 2.24) is 0 Å². The first-order valence-electron chi connectivity index (χ1n) is 9.06. The predicted molar refractivity (Wildman–Crippen MR) is 117 cm³/mol. The highest BCUT2D eigenvalue weighted by Gasteiger charge is 2.29. The summed E-state index contributed by atoms with van der Waals surface area (Å²) in [5.41, 5.74) is 0.579. The van der Waals surface area contributed by atoms with Crippen LogP contribution in [0.2, 0.25) is 5.02 Å². The smallest absolute Gasteiger partial charge is 0.416 e. The van der Waals surface area contributed by atoms with Crippen molar-refractivity contribution < 1.29 is 27.5 Å². The standard InChI is InChI=1S/C21H19Cl3F3NO3/c1-14-11-17(29-10-7-19(23)24)12-18(22)20(14)30-8-2-9-31-28-13-15-3-5-16(6-4-15)21(25,26)27/h3-7,11-13H,2,8-10H2,1H3. The Balaban J connectivity index is 1.73. The molecule has 2 rings (SSSR count). The van der Waals surface area contributed by atoms with E-state index < -0.39 is 11.7 Å². The molecule has 0 aromatic heterocycles. The summed E-state index contributed by atoms with van der Waals surface area (Å²) in [7, 11) is 0. The van der Waals surface area contributed by atoms with E-state index in [1.165, 1.54) is 24.4 Å². The summed E-state index contributed by atoms with van der Waals surface area (Å²) < 4.78 is 48.9. The minimum absolute atomic E-state index is 0.119. The summed E-state index contributed by atoms with van der Waals surface area (Å²) in [6.45, 7) is 2.65. The summed E-state index contributed by atoms with van der Waals surface area (Å²) in [4.78, 5) is 5.10. The van der Waals surface area contributed by atoms with E-state index in [2.05, 4.69) is 5.16 Å². The van der Waals surface area contributed by atoms with Gasteiger partial charge in [-0.2, -0.15) is 13.2 Å². The SMILES string of the molecule is Cc1cc(OCC=C(Cl)Cl)cc(Cl)c1OCCCON=Cc1ccc(C(F)(F)F)cc1. The van der Waals surface area contributed by atoms with Gasteiger partial charge in [-0.05, 0) is 42.3 Å². The lowest BCUT2D eigenvalue weighted by Crippen LogP contribution is -2.04. The second-order valence-electron chi connectivity index (χ2n) is 6.25. The molecule has 0 spiro atoms. The topological polar surface area (TPSA) is 40.0 Å². The molecule has 0 aliphatic heterocycles. The molecule has 168 valence electrons. The minimum atomic E-state index is -4.36. The van der Waals surface area contributed by atoms with E-state index in [4.69, 9.17) is 49.1 Å². The second-order valence-corrected chi connectivity index (χ2v) is 7.66. The van der Waals surface area contributed by atoms with Crippen molar-refractivity contribution in [1.29, 1.82) is 0 Å². The maximum Gasteiger partial charge on any atom is 0.416 e. The van der Waals surface area contributed by atoms with Crippen LogP contribution >= 0.6 is 34.8 Å². The summed E-state index contributed by atoms with van der Waals surface area (Å²) in [6, 6.07) is 8.02. The molecule has 10 heteroatoms. The van der Waals surface area contributed by atoms with E-state index in [0.717, 1.165) is 17.7 Å². The molecular formula is C21H19Cl3F3NO3. The van der Waals surface area contributed by atoms with Crippen LogP contribution in [0.1, 0.15) is 23.1 Å². The molecule has 0 fully saturated rings. The van der Waals surface area contributed by atoms with Crippen LogP contribution < -0.4 is 9.47 Å². The van der Waals surface area contributed by atoms with Crippen LogP contribution in [-0.4, -0.2) is 26.0 Å². The van der Waals surface area contributed by atoms with E-state index in [1.807, 2.05) is 6.92 Å². The molecule has 0 N–H and O–H groups in total. The Bertz CT molecular complexity index is 889. The van der Waals surface area contributed by atoms with Gasteiger partial charge in [0.2, 0.25) is 0 Å². The van der Waals surface area contributed by atoms with Crippen LogP contribution in [0.15, 0.2) is 52.1 Å². The fourth-order valence-electron chi connectivity index (χ4n) is 2.37. The Hall–Kier alpha value is -2.09. The van der Waals surface area contributed by atoms with Gasteiger partial charge in [-0.25, -0.2) is 0 Å². The minimum Gasteiger partial charge on any atom is -0.492 e. The molecule has 0 radical (unpaired) electrons. The van der Waals surface area contributed by atoms with E-state index in [1.54, 1.807) is 12.1 Å². The fourth-order valence-corrected chi connectivity index (χ4v) is 2.81. The number of hydrogen-bond acceptors (Lipinski definition) is 4. The van der Waals surface area contributed by atoms with E-state index in [0.29, 0.717) is 35.1 Å². The van der Waals surface area contributed by atoms with Gasteiger partial charge in [0.05, 0.1) is 23.4 Å². The van der Waals surface area contributed by atoms with Gasteiger partial charge in [-0.3, -0.25) is 0 Å². The Morgan fingerprint density at radius 2 is 1.77 bits per heavy atom. The van der Waals surface area contributed by atoms with Crippen LogP contribution in [0.25, 0.3) is 0 Å². The molecule has 4 nitrogen and oxygen atoms in total. The van der Waals surface area contributed by atoms with Crippen LogP contribution in [0, 0.1) is 6.92 Å². The number of aryl methyl sites for hydroxylation is 1. The first-order chi connectivity index (χ1) is 14.7. The van der Waals surface area contributed by atoms with Gasteiger partial charge < -0.3 is 14.3 Å². The molecule has 0 saturated heterocycles. The van der Waals surface area contributed by atoms with Crippen molar-refractivity contribution in [3.63, 3.8) is 0 Å². The van der Waals surface area contributed by atoms with Crippen molar-refractivity contribution in [2.45, 2.75) is 19.5 Å². The summed E-state index contributed by atoms with van der Waals surface area (Å²) >= 11 is 17.3. The zero-order valence-electron chi connectivity index (χ0n) is 16.4. The lowest BCUT2D eigenvalue weighted by atomic mass is 10.1. The lowest BCUT2D eigenvalue weighted by molar-refractivity contribution is -0.137. The highest BCUT2D eigenvalue weighted by molar-refractivity contribution is 6.55. The average Bonchev–Trinajstić information content (AvgIpc) is 2.68. The van der Waals surface area contributed by atoms with Crippen molar-refractivity contribution in [3.8, 4) is 11.5 Å². The third-order valence-electron chi connectivity index (χ3n) is 3.83. The molecule has 0 amide bonds. The Morgan fingerprint density at radius 1 is 1.06 bits per heavy atom. The molecule has 2 aromatic rings. The molecule has 0 aliphatic carbocycles. The van der Waals surface area contributed by atoms with Crippen LogP contribution in [0.5, 0.6) is 11.5 Å². The molecule has 2 aromatic carbocycles. The van der Waals surface area contributed by atoms with Crippen molar-refractivity contribution in [2.75, 3.05) is 19.8 Å². The molecule has 0 bridgehead atoms. The summed E-state index contributed by atoms with van der Waals surface area (Å²) in [5, 5.41) is 4.14. The number of halogens is 6. The first-order valence-corrected chi connectivity index (χ1v) is 10.2. The van der Waals surface area contributed by atoms with Gasteiger partial charge >= 0.3 is 6.18 Å². The maximum atomic E-state index is 12.5. The quantitative estimate of drug-likeness (QED) is 0.199. The highest BCUT2D eigenvalue weighted by Crippen LogP contribution is 2.33. The van der Waals surface area contributed by atoms with E-state index in [-0.39, 0.29) is 17.7 Å². The normalized spacial score (nSPS) is 11.5. The van der Waals surface area contributed by atoms with Crippen LogP contribution in [0.4, 0.5) is 13.2 Å². The largest absolute Gasteiger partial charge is 0.492 e. The molecule has 0 atom stereocenters. The van der Waals surface area contributed by atoms with E-state index in [9.17, 15) is 13.2 Å². The number of hydrogen-bond donors (Lipinski definition) is 0. The molecular weight excluding hydrogens is 478 g/mol. The number of benzene rings is 2. The predicted octanol–water partition coefficient (Wildman–Crippen LogP) is 7.18. The monoisotopic (exact) mass is 495 g/mol. The lowest BCUT2D eigenvalue weighted by Gasteiger charge is -2.13. The zero-order chi connectivity index (χ0) is 22.9. The van der Waals surface area contributed by atoms with Gasteiger partial charge in [0.25, 0.3) is 0 Å². The second kappa shape index (κ2) is 12.1. The van der Waals surface area contributed by atoms with E-state index >= 15 is 0 Å². The zero-order valence-corrected chi connectivity index (χ0v) is 18.7. The molecule has 0 saturated carbocycles. The number of ether oxygens (including phenoxy) is 2. The Kier molecular flexibility index (Phi) is 9.81. The summed E-state index contributed by atoms with van der Waals surface area (Å²) in [6.07, 6.45) is -0.988. The average molecular weight is 497 g/mol. The van der Waals surface area contributed by atoms with Crippen molar-refractivity contribution >= 4 is 41.0 Å². The fraction of sp³-hybridized carbons (Fsp3) is 0.286. The molecule has 0 heterocycles. The first kappa shape index (κ1) is 25.2. The van der Waals surface area contributed by atoms with Crippen LogP contribution in [-0.2, 0) is 11.0 Å². The van der Waals surface area contributed by atoms with Gasteiger partial charge in [-0.15, -0.1) is 0 Å². The van der Waals surface area contributed by atoms with Gasteiger partial charge in [0, 0.05) is 12.5 Å². The van der Waals surface area contributed by atoms with Gasteiger partial charge in [0.15, 0.2) is 0 Å². The number of alkyl halides is 3. The van der Waals surface area contributed by atoms with Gasteiger partial charge in [0.1, 0.15) is 29.2 Å². The van der Waals surface area contributed by atoms with Crippen LogP contribution in [0.3, 0.4) is 0 Å². The molecule has 0 aliphatic rings. The highest BCUT2D eigenvalue weighted by atomic mass is 35.5. The number of oxime groups is 1. The van der Waals surface area contributed by atoms with Crippen molar-refractivity contribution in [3.05, 3.63) is 68.7 Å². The molecule has 31 heavy (non-hydrogen) atoms. The summed E-state index contributed by atoms with van der Waals surface area (Å²) in [5.74, 6) is 1.09. The third kappa shape index (κ3) is 8.89. The van der Waals surface area contributed by atoms with Gasteiger partial charge in [-0.1, -0.05) is 52.1 Å². The third-order valence-corrected chi connectivity index (χ3v) is 4.42. The Morgan fingerprint density at radius 3 is 2.39 bits per heavy atom. The number of rotatable bonds is 10.